The van der Waals surface area contributed by atoms with Gasteiger partial charge >= 0.3 is 0 Å². The molecule has 22 heavy (non-hydrogen) atoms. The summed E-state index contributed by atoms with van der Waals surface area (Å²) in [6, 6.07) is 8.25. The van der Waals surface area contributed by atoms with Gasteiger partial charge in [0.15, 0.2) is 5.78 Å². The summed E-state index contributed by atoms with van der Waals surface area (Å²) >= 11 is 0. The third kappa shape index (κ3) is 2.98. The molecule has 1 atom stereocenters. The number of benzene rings is 1. The van der Waals surface area contributed by atoms with Gasteiger partial charge in [0, 0.05) is 36.3 Å². The number of hydrogen-bond acceptors (Lipinski definition) is 4. The van der Waals surface area contributed by atoms with Gasteiger partial charge in [-0.05, 0) is 38.1 Å². The van der Waals surface area contributed by atoms with Crippen LogP contribution in [-0.4, -0.2) is 28.8 Å². The number of hydrogen-bond donors (Lipinski definition) is 1. The molecule has 1 aromatic carbocycles. The number of phenolic OH excluding ortho intramolecular Hbond substituents is 1. The molecule has 0 aliphatic heterocycles. The third-order valence-corrected chi connectivity index (χ3v) is 3.68. The second-order valence-corrected chi connectivity index (χ2v) is 5.15. The first-order chi connectivity index (χ1) is 10.4. The number of Topliss-reactive ketones (excluding diaryl/α,β-unsaturated/α-hetero) is 1. The SMILES string of the molecule is Cc1c(O)cccc1N(C)C(=O)C(C)C(=O)c1cccnc1. The maximum Gasteiger partial charge on any atom is 0.237 e. The number of aromatic hydroxyl groups is 1. The molecular formula is C17H18N2O3. The van der Waals surface area contributed by atoms with E-state index < -0.39 is 5.92 Å². The highest BCUT2D eigenvalue weighted by atomic mass is 16.3. The molecule has 1 amide bonds. The number of anilines is 1. The Morgan fingerprint density at radius 3 is 2.59 bits per heavy atom. The Labute approximate surface area is 129 Å². The van der Waals surface area contributed by atoms with Crippen molar-refractivity contribution in [1.29, 1.82) is 0 Å². The lowest BCUT2D eigenvalue weighted by Crippen LogP contribution is -2.36. The first kappa shape index (κ1) is 15.7. The van der Waals surface area contributed by atoms with E-state index in [1.165, 1.54) is 11.1 Å². The Morgan fingerprint density at radius 1 is 1.23 bits per heavy atom. The van der Waals surface area contributed by atoms with Crippen molar-refractivity contribution in [3.05, 3.63) is 53.9 Å². The molecule has 0 aliphatic rings. The average Bonchev–Trinajstić information content (AvgIpc) is 2.55. The lowest BCUT2D eigenvalue weighted by atomic mass is 9.99. The number of phenols is 1. The number of ketones is 1. The fourth-order valence-corrected chi connectivity index (χ4v) is 2.25. The highest BCUT2D eigenvalue weighted by molar-refractivity contribution is 6.14. The Morgan fingerprint density at radius 2 is 1.95 bits per heavy atom. The number of aromatic nitrogens is 1. The molecule has 0 saturated heterocycles. The maximum absolute atomic E-state index is 12.5. The summed E-state index contributed by atoms with van der Waals surface area (Å²) in [6.07, 6.45) is 3.03. The molecule has 0 fully saturated rings. The summed E-state index contributed by atoms with van der Waals surface area (Å²) < 4.78 is 0. The van der Waals surface area contributed by atoms with Crippen molar-refractivity contribution in [2.75, 3.05) is 11.9 Å². The molecule has 1 aromatic heterocycles. The monoisotopic (exact) mass is 298 g/mol. The van der Waals surface area contributed by atoms with Crippen LogP contribution in [0.4, 0.5) is 5.69 Å². The summed E-state index contributed by atoms with van der Waals surface area (Å²) in [4.78, 5) is 30.2. The molecule has 5 heteroatoms. The van der Waals surface area contributed by atoms with E-state index in [4.69, 9.17) is 0 Å². The van der Waals surface area contributed by atoms with E-state index in [2.05, 4.69) is 4.98 Å². The van der Waals surface area contributed by atoms with E-state index in [9.17, 15) is 14.7 Å². The Balaban J connectivity index is 2.23. The zero-order valence-electron chi connectivity index (χ0n) is 12.8. The number of amides is 1. The minimum Gasteiger partial charge on any atom is -0.508 e. The molecule has 0 saturated carbocycles. The summed E-state index contributed by atoms with van der Waals surface area (Å²) in [5, 5.41) is 9.74. The lowest BCUT2D eigenvalue weighted by molar-refractivity contribution is -0.120. The molecule has 0 aliphatic carbocycles. The number of nitrogens with zero attached hydrogens (tertiary/aromatic N) is 2. The van der Waals surface area contributed by atoms with E-state index in [-0.39, 0.29) is 17.4 Å². The standard InChI is InChI=1S/C17H18N2O3/c1-11-14(7-4-8-15(11)20)19(3)17(22)12(2)16(21)13-6-5-9-18-10-13/h4-10,12,20H,1-3H3. The van der Waals surface area contributed by atoms with Crippen LogP contribution in [0.25, 0.3) is 0 Å². The zero-order chi connectivity index (χ0) is 16.3. The van der Waals surface area contributed by atoms with E-state index in [1.807, 2.05) is 0 Å². The Bertz CT molecular complexity index is 698. The average molecular weight is 298 g/mol. The highest BCUT2D eigenvalue weighted by Crippen LogP contribution is 2.27. The predicted molar refractivity (Wildman–Crippen MR) is 84.0 cm³/mol. The minimum atomic E-state index is -0.823. The predicted octanol–water partition coefficient (Wildman–Crippen LogP) is 2.58. The Hall–Kier alpha value is -2.69. The largest absolute Gasteiger partial charge is 0.508 e. The second kappa shape index (κ2) is 6.39. The van der Waals surface area contributed by atoms with E-state index in [0.29, 0.717) is 16.8 Å². The van der Waals surface area contributed by atoms with E-state index >= 15 is 0 Å². The fraction of sp³-hybridized carbons (Fsp3) is 0.235. The quantitative estimate of drug-likeness (QED) is 0.695. The van der Waals surface area contributed by atoms with Gasteiger partial charge in [-0.15, -0.1) is 0 Å². The van der Waals surface area contributed by atoms with E-state index in [0.717, 1.165) is 0 Å². The van der Waals surface area contributed by atoms with Crippen LogP contribution in [0.3, 0.4) is 0 Å². The van der Waals surface area contributed by atoms with Gasteiger partial charge in [0.1, 0.15) is 5.75 Å². The van der Waals surface area contributed by atoms with Crippen molar-refractivity contribution in [2.45, 2.75) is 13.8 Å². The number of rotatable bonds is 4. The van der Waals surface area contributed by atoms with Gasteiger partial charge < -0.3 is 10.0 Å². The maximum atomic E-state index is 12.5. The molecule has 5 nitrogen and oxygen atoms in total. The summed E-state index contributed by atoms with van der Waals surface area (Å²) in [5.41, 5.74) is 1.58. The van der Waals surface area contributed by atoms with Crippen molar-refractivity contribution in [3.8, 4) is 5.75 Å². The smallest absolute Gasteiger partial charge is 0.237 e. The van der Waals surface area contributed by atoms with Crippen molar-refractivity contribution >= 4 is 17.4 Å². The molecule has 0 bridgehead atoms. The van der Waals surface area contributed by atoms with Crippen LogP contribution < -0.4 is 4.90 Å². The van der Waals surface area contributed by atoms with Crippen LogP contribution in [-0.2, 0) is 4.79 Å². The van der Waals surface area contributed by atoms with Gasteiger partial charge in [-0.2, -0.15) is 0 Å². The van der Waals surface area contributed by atoms with Crippen LogP contribution in [0.5, 0.6) is 5.75 Å². The van der Waals surface area contributed by atoms with Crippen molar-refractivity contribution in [3.63, 3.8) is 0 Å². The van der Waals surface area contributed by atoms with Crippen LogP contribution in [0.15, 0.2) is 42.7 Å². The second-order valence-electron chi connectivity index (χ2n) is 5.15. The molecule has 0 spiro atoms. The highest BCUT2D eigenvalue weighted by Gasteiger charge is 2.27. The van der Waals surface area contributed by atoms with Gasteiger partial charge in [-0.3, -0.25) is 14.6 Å². The summed E-state index contributed by atoms with van der Waals surface area (Å²) in [6.45, 7) is 3.30. The fourth-order valence-electron chi connectivity index (χ4n) is 2.25. The number of pyridine rings is 1. The minimum absolute atomic E-state index is 0.114. The molecule has 1 heterocycles. The van der Waals surface area contributed by atoms with E-state index in [1.54, 1.807) is 57.4 Å². The van der Waals surface area contributed by atoms with Crippen molar-refractivity contribution in [1.82, 2.24) is 4.98 Å². The summed E-state index contributed by atoms with van der Waals surface area (Å²) in [5.74, 6) is -1.32. The molecule has 114 valence electrons. The van der Waals surface area contributed by atoms with Gasteiger partial charge in [0.2, 0.25) is 5.91 Å². The normalized spacial score (nSPS) is 11.8. The van der Waals surface area contributed by atoms with Crippen LogP contribution >= 0.6 is 0 Å². The topological polar surface area (TPSA) is 70.5 Å². The number of carbonyl (C=O) groups is 2. The first-order valence-corrected chi connectivity index (χ1v) is 6.94. The van der Waals surface area contributed by atoms with Crippen molar-refractivity contribution < 1.29 is 14.7 Å². The number of carbonyl (C=O) groups excluding carboxylic acids is 2. The van der Waals surface area contributed by atoms with Crippen LogP contribution in [0.1, 0.15) is 22.8 Å². The third-order valence-electron chi connectivity index (χ3n) is 3.68. The molecule has 2 rings (SSSR count). The molecule has 1 unspecified atom stereocenters. The van der Waals surface area contributed by atoms with Gasteiger partial charge in [0.25, 0.3) is 0 Å². The summed E-state index contributed by atoms with van der Waals surface area (Å²) in [7, 11) is 1.59. The molecule has 0 radical (unpaired) electrons. The Kier molecular flexibility index (Phi) is 4.56. The molecule has 2 aromatic rings. The van der Waals surface area contributed by atoms with Crippen LogP contribution in [0, 0.1) is 12.8 Å². The molecular weight excluding hydrogens is 280 g/mol. The van der Waals surface area contributed by atoms with Gasteiger partial charge in [-0.25, -0.2) is 0 Å². The molecule has 1 N–H and O–H groups in total. The lowest BCUT2D eigenvalue weighted by Gasteiger charge is -2.23. The van der Waals surface area contributed by atoms with Gasteiger partial charge in [-0.1, -0.05) is 6.07 Å². The zero-order valence-corrected chi connectivity index (χ0v) is 12.8. The first-order valence-electron chi connectivity index (χ1n) is 6.94. The van der Waals surface area contributed by atoms with Crippen LogP contribution in [0.2, 0.25) is 0 Å². The van der Waals surface area contributed by atoms with Crippen molar-refractivity contribution in [2.24, 2.45) is 5.92 Å². The van der Waals surface area contributed by atoms with Gasteiger partial charge in [0.05, 0.1) is 5.92 Å².